The molecule has 0 spiro atoms. The van der Waals surface area contributed by atoms with Crippen LogP contribution >= 0.6 is 11.8 Å². The number of allylic oxidation sites excluding steroid dienone is 2. The van der Waals surface area contributed by atoms with Crippen molar-refractivity contribution in [2.45, 2.75) is 76.8 Å². The summed E-state index contributed by atoms with van der Waals surface area (Å²) in [5.41, 5.74) is 2.93. The SMILES string of the molecule is CC1CC=CC(N2CCCCC2)=C1[C@@H]1SC(CC=O)C(=O)N1CCC(C)(C)C. The maximum atomic E-state index is 13.1. The van der Waals surface area contributed by atoms with Crippen molar-refractivity contribution >= 4 is 24.0 Å². The van der Waals surface area contributed by atoms with E-state index in [1.54, 1.807) is 11.8 Å². The maximum absolute atomic E-state index is 13.1. The van der Waals surface area contributed by atoms with Crippen LogP contribution < -0.4 is 0 Å². The molecule has 156 valence electrons. The lowest BCUT2D eigenvalue weighted by molar-refractivity contribution is -0.130. The summed E-state index contributed by atoms with van der Waals surface area (Å²) in [6.45, 7) is 12.0. The fraction of sp³-hybridized carbons (Fsp3) is 0.739. The highest BCUT2D eigenvalue weighted by molar-refractivity contribution is 8.01. The maximum Gasteiger partial charge on any atom is 0.237 e. The van der Waals surface area contributed by atoms with Crippen molar-refractivity contribution in [1.29, 1.82) is 0 Å². The molecule has 2 fully saturated rings. The Labute approximate surface area is 174 Å². The molecule has 1 amide bonds. The van der Waals surface area contributed by atoms with Gasteiger partial charge in [-0.1, -0.05) is 33.8 Å². The molecular formula is C23H36N2O2S. The van der Waals surface area contributed by atoms with Gasteiger partial charge in [0.1, 0.15) is 11.7 Å². The van der Waals surface area contributed by atoms with Gasteiger partial charge < -0.3 is 14.6 Å². The lowest BCUT2D eigenvalue weighted by Gasteiger charge is -2.38. The van der Waals surface area contributed by atoms with Crippen molar-refractivity contribution in [3.8, 4) is 0 Å². The zero-order valence-corrected chi connectivity index (χ0v) is 18.8. The van der Waals surface area contributed by atoms with Crippen molar-refractivity contribution in [1.82, 2.24) is 9.80 Å². The standard InChI is InChI=1S/C23H36N2O2S/c1-17-9-8-10-18(24-13-6-5-7-14-24)20(17)22-25(15-12-23(2,3)4)21(27)19(28-22)11-16-26/h8,10,16-17,19,22H,5-7,9,11-15H2,1-4H3/t17?,19?,22-/m0/s1. The monoisotopic (exact) mass is 404 g/mol. The average molecular weight is 405 g/mol. The van der Waals surface area contributed by atoms with Gasteiger partial charge >= 0.3 is 0 Å². The summed E-state index contributed by atoms with van der Waals surface area (Å²) in [7, 11) is 0. The summed E-state index contributed by atoms with van der Waals surface area (Å²) >= 11 is 1.71. The number of likely N-dealkylation sites (tertiary alicyclic amines) is 1. The number of carbonyl (C=O) groups is 2. The van der Waals surface area contributed by atoms with Gasteiger partial charge in [0.15, 0.2) is 0 Å². The van der Waals surface area contributed by atoms with Crippen molar-refractivity contribution in [2.75, 3.05) is 19.6 Å². The molecule has 0 aromatic rings. The van der Waals surface area contributed by atoms with Gasteiger partial charge in [0, 0.05) is 31.8 Å². The second-order valence-electron chi connectivity index (χ2n) is 9.65. The summed E-state index contributed by atoms with van der Waals surface area (Å²) in [5, 5.41) is -0.160. The molecule has 2 unspecified atom stereocenters. The number of hydrogen-bond acceptors (Lipinski definition) is 4. The van der Waals surface area contributed by atoms with Crippen LogP contribution in [0.3, 0.4) is 0 Å². The highest BCUT2D eigenvalue weighted by Crippen LogP contribution is 2.44. The van der Waals surface area contributed by atoms with Crippen LogP contribution in [-0.4, -0.2) is 52.3 Å². The molecule has 1 aliphatic carbocycles. The van der Waals surface area contributed by atoms with Crippen molar-refractivity contribution in [2.24, 2.45) is 11.3 Å². The minimum Gasteiger partial charge on any atom is -0.371 e. The van der Waals surface area contributed by atoms with E-state index in [0.29, 0.717) is 12.3 Å². The lowest BCUT2D eigenvalue weighted by Crippen LogP contribution is -2.41. The molecule has 2 aliphatic heterocycles. The van der Waals surface area contributed by atoms with Crippen LogP contribution in [0.4, 0.5) is 0 Å². The fourth-order valence-electron chi connectivity index (χ4n) is 4.41. The second kappa shape index (κ2) is 9.06. The van der Waals surface area contributed by atoms with E-state index in [1.807, 2.05) is 0 Å². The normalized spacial score (nSPS) is 29.0. The van der Waals surface area contributed by atoms with Crippen molar-refractivity contribution in [3.63, 3.8) is 0 Å². The molecule has 3 rings (SSSR count). The van der Waals surface area contributed by atoms with Gasteiger partial charge in [-0.25, -0.2) is 0 Å². The van der Waals surface area contributed by atoms with E-state index < -0.39 is 0 Å². The molecule has 0 aromatic heterocycles. The molecule has 0 bridgehead atoms. The van der Waals surface area contributed by atoms with E-state index in [4.69, 9.17) is 0 Å². The Morgan fingerprint density at radius 3 is 2.57 bits per heavy atom. The fourth-order valence-corrected chi connectivity index (χ4v) is 6.02. The number of carbonyl (C=O) groups excluding carboxylic acids is 2. The number of hydrogen-bond donors (Lipinski definition) is 0. The number of rotatable bonds is 6. The van der Waals surface area contributed by atoms with Gasteiger partial charge in [0.05, 0.1) is 5.25 Å². The first-order chi connectivity index (χ1) is 13.3. The molecule has 3 aliphatic rings. The molecule has 3 atom stereocenters. The Kier molecular flexibility index (Phi) is 6.95. The Morgan fingerprint density at radius 1 is 1.21 bits per heavy atom. The summed E-state index contributed by atoms with van der Waals surface area (Å²) in [6.07, 6.45) is 11.6. The van der Waals surface area contributed by atoms with Crippen LogP contribution in [0.5, 0.6) is 0 Å². The van der Waals surface area contributed by atoms with Crippen molar-refractivity contribution < 1.29 is 9.59 Å². The summed E-state index contributed by atoms with van der Waals surface area (Å²) in [6, 6.07) is 0. The van der Waals surface area contributed by atoms with Crippen LogP contribution in [-0.2, 0) is 9.59 Å². The van der Waals surface area contributed by atoms with E-state index in [1.165, 1.54) is 30.5 Å². The largest absolute Gasteiger partial charge is 0.371 e. The average Bonchev–Trinajstić information content (AvgIpc) is 2.96. The Hall–Kier alpha value is -1.23. The van der Waals surface area contributed by atoms with Gasteiger partial charge in [-0.2, -0.15) is 0 Å². The molecule has 0 saturated carbocycles. The molecule has 5 heteroatoms. The predicted octanol–water partition coefficient (Wildman–Crippen LogP) is 4.62. The number of thioether (sulfide) groups is 1. The summed E-state index contributed by atoms with van der Waals surface area (Å²) in [5.74, 6) is 0.581. The van der Waals surface area contributed by atoms with E-state index in [-0.39, 0.29) is 21.9 Å². The van der Waals surface area contributed by atoms with Gasteiger partial charge in [-0.05, 0) is 55.1 Å². The number of nitrogens with zero attached hydrogens (tertiary/aromatic N) is 2. The molecule has 4 nitrogen and oxygen atoms in total. The Bertz CT molecular complexity index is 643. The third kappa shape index (κ3) is 4.84. The van der Waals surface area contributed by atoms with E-state index in [9.17, 15) is 9.59 Å². The van der Waals surface area contributed by atoms with Gasteiger partial charge in [-0.3, -0.25) is 4.79 Å². The zero-order chi connectivity index (χ0) is 20.3. The van der Waals surface area contributed by atoms with Crippen LogP contribution in [0.2, 0.25) is 0 Å². The number of piperidine rings is 1. The number of amides is 1. The van der Waals surface area contributed by atoms with Crippen LogP contribution in [0.25, 0.3) is 0 Å². The Balaban J connectivity index is 1.94. The van der Waals surface area contributed by atoms with Crippen LogP contribution in [0, 0.1) is 11.3 Å². The third-order valence-corrected chi connectivity index (χ3v) is 7.59. The molecule has 28 heavy (non-hydrogen) atoms. The minimum atomic E-state index is -0.226. The highest BCUT2D eigenvalue weighted by Gasteiger charge is 2.44. The number of aldehydes is 1. The zero-order valence-electron chi connectivity index (χ0n) is 17.9. The summed E-state index contributed by atoms with van der Waals surface area (Å²) in [4.78, 5) is 28.9. The predicted molar refractivity (Wildman–Crippen MR) is 117 cm³/mol. The van der Waals surface area contributed by atoms with Gasteiger partial charge in [0.2, 0.25) is 5.91 Å². The quantitative estimate of drug-likeness (QED) is 0.606. The first-order valence-corrected chi connectivity index (χ1v) is 11.8. The molecule has 0 aromatic carbocycles. The third-order valence-electron chi connectivity index (χ3n) is 6.10. The van der Waals surface area contributed by atoms with E-state index in [2.05, 4.69) is 49.6 Å². The Morgan fingerprint density at radius 2 is 1.93 bits per heavy atom. The van der Waals surface area contributed by atoms with Gasteiger partial charge in [0.25, 0.3) is 0 Å². The van der Waals surface area contributed by atoms with Crippen LogP contribution in [0.15, 0.2) is 23.4 Å². The van der Waals surface area contributed by atoms with Crippen molar-refractivity contribution in [3.05, 3.63) is 23.4 Å². The smallest absolute Gasteiger partial charge is 0.237 e. The first-order valence-electron chi connectivity index (χ1n) is 10.9. The summed E-state index contributed by atoms with van der Waals surface area (Å²) < 4.78 is 0. The molecular weight excluding hydrogens is 368 g/mol. The van der Waals surface area contributed by atoms with Crippen LogP contribution in [0.1, 0.15) is 66.2 Å². The highest BCUT2D eigenvalue weighted by atomic mass is 32.2. The van der Waals surface area contributed by atoms with E-state index >= 15 is 0 Å². The molecule has 2 heterocycles. The van der Waals surface area contributed by atoms with Gasteiger partial charge in [-0.15, -0.1) is 11.8 Å². The molecule has 0 N–H and O–H groups in total. The minimum absolute atomic E-state index is 0.0664. The second-order valence-corrected chi connectivity index (χ2v) is 10.9. The lowest BCUT2D eigenvalue weighted by atomic mass is 9.88. The molecule has 2 saturated heterocycles. The topological polar surface area (TPSA) is 40.6 Å². The van der Waals surface area contributed by atoms with E-state index in [0.717, 1.165) is 38.8 Å². The first kappa shape index (κ1) is 21.5. The molecule has 0 radical (unpaired) electrons.